The Labute approximate surface area is 107 Å². The molecule has 1 nitrogen and oxygen atoms in total. The van der Waals surface area contributed by atoms with Gasteiger partial charge in [0.2, 0.25) is 0 Å². The number of rotatable bonds is 5. The zero-order valence-electron chi connectivity index (χ0n) is 9.48. The van der Waals surface area contributed by atoms with E-state index >= 15 is 0 Å². The van der Waals surface area contributed by atoms with Gasteiger partial charge in [-0.3, -0.25) is 0 Å². The normalized spacial score (nSPS) is 11.6. The number of halogens is 4. The van der Waals surface area contributed by atoms with Gasteiger partial charge in [-0.2, -0.15) is 13.2 Å². The summed E-state index contributed by atoms with van der Waals surface area (Å²) in [6, 6.07) is 5.51. The first kappa shape index (κ1) is 14.4. The van der Waals surface area contributed by atoms with Crippen LogP contribution in [0.25, 0.3) is 0 Å². The third-order valence-corrected chi connectivity index (χ3v) is 3.18. The van der Waals surface area contributed by atoms with E-state index in [0.717, 1.165) is 10.0 Å². The number of benzene rings is 1. The lowest BCUT2D eigenvalue weighted by Crippen LogP contribution is -2.06. The first-order chi connectivity index (χ1) is 7.94. The van der Waals surface area contributed by atoms with Crippen molar-refractivity contribution < 1.29 is 17.9 Å². The van der Waals surface area contributed by atoms with Crippen LogP contribution in [0.4, 0.5) is 13.2 Å². The van der Waals surface area contributed by atoms with Gasteiger partial charge in [-0.1, -0.05) is 22.0 Å². The Balaban J connectivity index is 2.52. The van der Waals surface area contributed by atoms with Gasteiger partial charge in [-0.25, -0.2) is 0 Å². The van der Waals surface area contributed by atoms with Gasteiger partial charge < -0.3 is 4.74 Å². The molecule has 1 rings (SSSR count). The van der Waals surface area contributed by atoms with Crippen molar-refractivity contribution in [1.82, 2.24) is 0 Å². The summed E-state index contributed by atoms with van der Waals surface area (Å²) in [5.41, 5.74) is 0.928. The number of hydrogen-bond donors (Lipinski definition) is 0. The van der Waals surface area contributed by atoms with Gasteiger partial charge in [0.15, 0.2) is 0 Å². The van der Waals surface area contributed by atoms with Gasteiger partial charge in [0.1, 0.15) is 5.75 Å². The van der Waals surface area contributed by atoms with Crippen LogP contribution in [0.15, 0.2) is 22.7 Å². The molecule has 0 bridgehead atoms. The van der Waals surface area contributed by atoms with Crippen LogP contribution in [-0.4, -0.2) is 13.3 Å². The van der Waals surface area contributed by atoms with Crippen molar-refractivity contribution in [3.05, 3.63) is 28.2 Å². The van der Waals surface area contributed by atoms with Gasteiger partial charge in [-0.15, -0.1) is 0 Å². The fourth-order valence-electron chi connectivity index (χ4n) is 1.60. The van der Waals surface area contributed by atoms with Crippen LogP contribution in [-0.2, 0) is 6.42 Å². The maximum Gasteiger partial charge on any atom is 0.389 e. The molecule has 0 aromatic heterocycles. The lowest BCUT2D eigenvalue weighted by Gasteiger charge is -2.11. The van der Waals surface area contributed by atoms with Crippen molar-refractivity contribution >= 4 is 15.9 Å². The first-order valence-corrected chi connectivity index (χ1v) is 6.11. The Morgan fingerprint density at radius 3 is 2.53 bits per heavy atom. The number of methoxy groups -OCH3 is 1. The molecule has 1 aromatic carbocycles. The van der Waals surface area contributed by atoms with Gasteiger partial charge in [-0.05, 0) is 31.4 Å². The van der Waals surface area contributed by atoms with Crippen molar-refractivity contribution in [3.63, 3.8) is 0 Å². The Kier molecular flexibility index (Phi) is 5.31. The van der Waals surface area contributed by atoms with E-state index in [-0.39, 0.29) is 6.42 Å². The molecule has 0 saturated carbocycles. The predicted octanol–water partition coefficient (Wildman–Crippen LogP) is 4.73. The second kappa shape index (κ2) is 6.28. The highest BCUT2D eigenvalue weighted by atomic mass is 79.9. The Morgan fingerprint density at radius 1 is 1.24 bits per heavy atom. The highest BCUT2D eigenvalue weighted by molar-refractivity contribution is 9.10. The minimum absolute atomic E-state index is 0.147. The number of hydrogen-bond acceptors (Lipinski definition) is 1. The average molecular weight is 311 g/mol. The molecule has 0 radical (unpaired) electrons. The van der Waals surface area contributed by atoms with Gasteiger partial charge >= 0.3 is 6.18 Å². The second-order valence-electron chi connectivity index (χ2n) is 3.74. The molecule has 0 saturated heterocycles. The molecular formula is C12H14BrF3O. The molecule has 0 N–H and O–H groups in total. The maximum absolute atomic E-state index is 12.0. The van der Waals surface area contributed by atoms with Crippen molar-refractivity contribution in [2.24, 2.45) is 0 Å². The van der Waals surface area contributed by atoms with E-state index in [2.05, 4.69) is 15.9 Å². The molecule has 0 fully saturated rings. The second-order valence-corrected chi connectivity index (χ2v) is 4.60. The van der Waals surface area contributed by atoms with Crippen LogP contribution in [0, 0.1) is 0 Å². The highest BCUT2D eigenvalue weighted by Crippen LogP contribution is 2.29. The molecule has 0 heterocycles. The van der Waals surface area contributed by atoms with Crippen molar-refractivity contribution in [2.45, 2.75) is 31.9 Å². The van der Waals surface area contributed by atoms with Crippen LogP contribution < -0.4 is 4.74 Å². The van der Waals surface area contributed by atoms with Gasteiger partial charge in [0.05, 0.1) is 7.11 Å². The summed E-state index contributed by atoms with van der Waals surface area (Å²) in [7, 11) is 1.56. The zero-order chi connectivity index (χ0) is 12.9. The third-order valence-electron chi connectivity index (χ3n) is 2.43. The molecule has 0 spiro atoms. The minimum atomic E-state index is -4.06. The smallest absolute Gasteiger partial charge is 0.389 e. The summed E-state index contributed by atoms with van der Waals surface area (Å²) in [5.74, 6) is 0.714. The van der Waals surface area contributed by atoms with Crippen molar-refractivity contribution in [1.29, 1.82) is 0 Å². The van der Waals surface area contributed by atoms with Crippen LogP contribution in [0.3, 0.4) is 0 Å². The number of ether oxygens (including phenoxy) is 1. The third kappa shape index (κ3) is 4.98. The summed E-state index contributed by atoms with van der Waals surface area (Å²) in [6.07, 6.45) is -3.55. The Hall–Kier alpha value is -0.710. The summed E-state index contributed by atoms with van der Waals surface area (Å²) in [4.78, 5) is 0. The largest absolute Gasteiger partial charge is 0.496 e. The zero-order valence-corrected chi connectivity index (χ0v) is 11.1. The molecule has 0 aliphatic rings. The highest BCUT2D eigenvalue weighted by Gasteiger charge is 2.25. The Morgan fingerprint density at radius 2 is 1.94 bits per heavy atom. The fourth-order valence-corrected chi connectivity index (χ4v) is 2.15. The lowest BCUT2D eigenvalue weighted by molar-refractivity contribution is -0.135. The average Bonchev–Trinajstić information content (AvgIpc) is 2.24. The van der Waals surface area contributed by atoms with Crippen molar-refractivity contribution in [3.8, 4) is 5.75 Å². The van der Waals surface area contributed by atoms with Crippen LogP contribution >= 0.6 is 15.9 Å². The quantitative estimate of drug-likeness (QED) is 0.714. The monoisotopic (exact) mass is 310 g/mol. The fraction of sp³-hybridized carbons (Fsp3) is 0.500. The minimum Gasteiger partial charge on any atom is -0.496 e. The molecule has 0 amide bonds. The standard InChI is InChI=1S/C12H14BrF3O/c1-17-11-7-4-6-10(13)9(11)5-2-3-8-12(14,15)16/h4,6-7H,2-3,5,8H2,1H3. The molecule has 1 aromatic rings. The van der Waals surface area contributed by atoms with Gasteiger partial charge in [0, 0.05) is 16.5 Å². The lowest BCUT2D eigenvalue weighted by atomic mass is 10.1. The molecule has 0 aliphatic heterocycles. The van der Waals surface area contributed by atoms with E-state index in [1.54, 1.807) is 7.11 Å². The molecule has 0 unspecified atom stereocenters. The van der Waals surface area contributed by atoms with Crippen LogP contribution in [0.1, 0.15) is 24.8 Å². The van der Waals surface area contributed by atoms with E-state index in [1.807, 2.05) is 18.2 Å². The van der Waals surface area contributed by atoms with E-state index in [4.69, 9.17) is 4.74 Å². The predicted molar refractivity (Wildman–Crippen MR) is 64.3 cm³/mol. The summed E-state index contributed by atoms with van der Waals surface area (Å²) >= 11 is 3.38. The molecule has 5 heteroatoms. The molecular weight excluding hydrogens is 297 g/mol. The topological polar surface area (TPSA) is 9.23 Å². The summed E-state index contributed by atoms with van der Waals surface area (Å²) in [5, 5.41) is 0. The SMILES string of the molecule is COc1cccc(Br)c1CCCCC(F)(F)F. The molecule has 0 atom stereocenters. The first-order valence-electron chi connectivity index (χ1n) is 5.32. The van der Waals surface area contributed by atoms with Gasteiger partial charge in [0.25, 0.3) is 0 Å². The number of unbranched alkanes of at least 4 members (excludes halogenated alkanes) is 1. The van der Waals surface area contributed by atoms with E-state index in [1.165, 1.54) is 0 Å². The Bertz CT molecular complexity index is 363. The number of alkyl halides is 3. The van der Waals surface area contributed by atoms with E-state index in [9.17, 15) is 13.2 Å². The van der Waals surface area contributed by atoms with Crippen molar-refractivity contribution in [2.75, 3.05) is 7.11 Å². The van der Waals surface area contributed by atoms with E-state index in [0.29, 0.717) is 18.6 Å². The molecule has 96 valence electrons. The summed E-state index contributed by atoms with van der Waals surface area (Å²) < 4.78 is 42.0. The van der Waals surface area contributed by atoms with E-state index < -0.39 is 12.6 Å². The molecule has 17 heavy (non-hydrogen) atoms. The van der Waals surface area contributed by atoms with Crippen LogP contribution in [0.5, 0.6) is 5.75 Å². The summed E-state index contributed by atoms with van der Waals surface area (Å²) in [6.45, 7) is 0. The molecule has 0 aliphatic carbocycles. The maximum atomic E-state index is 12.0. The van der Waals surface area contributed by atoms with Crippen LogP contribution in [0.2, 0.25) is 0 Å².